The third-order valence-corrected chi connectivity index (χ3v) is 6.07. The maximum Gasteiger partial charge on any atom is 0.417 e. The van der Waals surface area contributed by atoms with Crippen molar-refractivity contribution in [1.82, 2.24) is 0 Å². The normalized spacial score (nSPS) is 12.1. The van der Waals surface area contributed by atoms with E-state index in [4.69, 9.17) is 27.9 Å². The van der Waals surface area contributed by atoms with Crippen LogP contribution in [0.5, 0.6) is 5.75 Å². The molecule has 0 fully saturated rings. The van der Waals surface area contributed by atoms with Crippen LogP contribution in [0.1, 0.15) is 12.5 Å². The maximum atomic E-state index is 13.1. The topological polar surface area (TPSA) is 46.6 Å². The van der Waals surface area contributed by atoms with Gasteiger partial charge in [0.25, 0.3) is 10.0 Å². The van der Waals surface area contributed by atoms with Crippen LogP contribution in [0.4, 0.5) is 18.9 Å². The van der Waals surface area contributed by atoms with Crippen LogP contribution in [0.3, 0.4) is 0 Å². The highest BCUT2D eigenvalue weighted by atomic mass is 35.5. The van der Waals surface area contributed by atoms with E-state index >= 15 is 0 Å². The minimum atomic E-state index is -4.71. The van der Waals surface area contributed by atoms with Gasteiger partial charge in [0, 0.05) is 6.54 Å². The van der Waals surface area contributed by atoms with Crippen LogP contribution in [0.15, 0.2) is 41.3 Å². The molecule has 0 amide bonds. The van der Waals surface area contributed by atoms with Gasteiger partial charge in [-0.2, -0.15) is 13.2 Å². The van der Waals surface area contributed by atoms with E-state index in [1.54, 1.807) is 0 Å². The first-order chi connectivity index (χ1) is 12.0. The molecule has 0 spiro atoms. The molecule has 0 unspecified atom stereocenters. The Morgan fingerprint density at radius 2 is 1.73 bits per heavy atom. The highest BCUT2D eigenvalue weighted by Crippen LogP contribution is 2.38. The van der Waals surface area contributed by atoms with Crippen LogP contribution in [0, 0.1) is 0 Å². The van der Waals surface area contributed by atoms with Gasteiger partial charge in [-0.15, -0.1) is 0 Å². The summed E-state index contributed by atoms with van der Waals surface area (Å²) in [6, 6.07) is 6.74. The van der Waals surface area contributed by atoms with E-state index in [1.165, 1.54) is 38.3 Å². The number of hydrogen-bond acceptors (Lipinski definition) is 3. The SMILES string of the molecule is CCN(c1ccc(Cl)c(C(F)(F)F)c1)S(=O)(=O)c1ccc(OC)c(Cl)c1. The largest absolute Gasteiger partial charge is 0.495 e. The standard InChI is InChI=1S/C16H14Cl2F3NO3S/c1-3-22(10-4-6-13(17)12(8-10)16(19,20)21)26(23,24)11-5-7-15(25-2)14(18)9-11/h4-9H,3H2,1-2H3. The number of ether oxygens (including phenoxy) is 1. The van der Waals surface area contributed by atoms with Gasteiger partial charge in [-0.05, 0) is 43.3 Å². The second-order valence-electron chi connectivity index (χ2n) is 5.13. The molecule has 0 atom stereocenters. The van der Waals surface area contributed by atoms with Crippen LogP contribution in [-0.4, -0.2) is 22.1 Å². The molecule has 0 aliphatic rings. The lowest BCUT2D eigenvalue weighted by atomic mass is 10.2. The molecule has 142 valence electrons. The van der Waals surface area contributed by atoms with E-state index in [0.29, 0.717) is 6.07 Å². The van der Waals surface area contributed by atoms with Gasteiger partial charge in [-0.3, -0.25) is 4.31 Å². The number of anilines is 1. The molecule has 0 radical (unpaired) electrons. The fraction of sp³-hybridized carbons (Fsp3) is 0.250. The molecule has 0 aromatic heterocycles. The lowest BCUT2D eigenvalue weighted by Crippen LogP contribution is -2.31. The van der Waals surface area contributed by atoms with Crippen LogP contribution in [0.2, 0.25) is 10.0 Å². The molecule has 0 bridgehead atoms. The molecular formula is C16H14Cl2F3NO3S. The van der Waals surface area contributed by atoms with Crippen LogP contribution in [0.25, 0.3) is 0 Å². The van der Waals surface area contributed by atoms with Gasteiger partial charge in [0.1, 0.15) is 5.75 Å². The first-order valence-corrected chi connectivity index (χ1v) is 9.45. The monoisotopic (exact) mass is 427 g/mol. The quantitative estimate of drug-likeness (QED) is 0.655. The highest BCUT2D eigenvalue weighted by Gasteiger charge is 2.35. The van der Waals surface area contributed by atoms with Crippen molar-refractivity contribution in [2.24, 2.45) is 0 Å². The molecule has 0 heterocycles. The first kappa shape index (κ1) is 20.7. The van der Waals surface area contributed by atoms with Crippen molar-refractivity contribution in [2.75, 3.05) is 18.0 Å². The molecule has 2 rings (SSSR count). The van der Waals surface area contributed by atoms with E-state index in [-0.39, 0.29) is 27.9 Å². The smallest absolute Gasteiger partial charge is 0.417 e. The molecule has 0 aliphatic carbocycles. The predicted octanol–water partition coefficient (Wildman–Crippen LogP) is 5.24. The molecule has 0 N–H and O–H groups in total. The Kier molecular flexibility index (Phi) is 5.99. The van der Waals surface area contributed by atoms with Crippen molar-refractivity contribution >= 4 is 38.9 Å². The van der Waals surface area contributed by atoms with Crippen molar-refractivity contribution in [2.45, 2.75) is 18.0 Å². The third kappa shape index (κ3) is 4.02. The zero-order valence-electron chi connectivity index (χ0n) is 13.6. The van der Waals surface area contributed by atoms with Crippen molar-refractivity contribution in [3.8, 4) is 5.75 Å². The molecular weight excluding hydrogens is 414 g/mol. The first-order valence-electron chi connectivity index (χ1n) is 7.25. The summed E-state index contributed by atoms with van der Waals surface area (Å²) in [7, 11) is -2.77. The Labute approximate surface area is 159 Å². The molecule has 0 saturated heterocycles. The second kappa shape index (κ2) is 7.54. The number of nitrogens with zero attached hydrogens (tertiary/aromatic N) is 1. The Balaban J connectivity index is 2.55. The minimum absolute atomic E-state index is 0.0664. The van der Waals surface area contributed by atoms with Gasteiger partial charge in [0.15, 0.2) is 0 Å². The number of halogens is 5. The maximum absolute atomic E-state index is 13.1. The fourth-order valence-electron chi connectivity index (χ4n) is 2.31. The van der Waals surface area contributed by atoms with Gasteiger partial charge in [-0.25, -0.2) is 8.42 Å². The Morgan fingerprint density at radius 1 is 1.08 bits per heavy atom. The summed E-state index contributed by atoms with van der Waals surface area (Å²) in [5, 5.41) is -0.445. The van der Waals surface area contributed by atoms with Crippen molar-refractivity contribution in [3.63, 3.8) is 0 Å². The number of sulfonamides is 1. The molecule has 26 heavy (non-hydrogen) atoms. The summed E-state index contributed by atoms with van der Waals surface area (Å²) >= 11 is 11.6. The summed E-state index contributed by atoms with van der Waals surface area (Å²) in [4.78, 5) is -0.173. The molecule has 10 heteroatoms. The Hall–Kier alpha value is -1.64. The third-order valence-electron chi connectivity index (χ3n) is 3.54. The van der Waals surface area contributed by atoms with Crippen LogP contribution >= 0.6 is 23.2 Å². The number of methoxy groups -OCH3 is 1. The number of hydrogen-bond donors (Lipinski definition) is 0. The van der Waals surface area contributed by atoms with Gasteiger partial charge in [0.2, 0.25) is 0 Å². The van der Waals surface area contributed by atoms with Gasteiger partial charge < -0.3 is 4.74 Å². The molecule has 2 aromatic rings. The summed E-state index contributed by atoms with van der Waals surface area (Å²) in [5.74, 6) is 0.277. The molecule has 0 aliphatic heterocycles. The summed E-state index contributed by atoms with van der Waals surface area (Å²) in [5.41, 5.74) is -1.27. The molecule has 2 aromatic carbocycles. The van der Waals surface area contributed by atoms with E-state index in [0.717, 1.165) is 10.4 Å². The number of alkyl halides is 3. The lowest BCUT2D eigenvalue weighted by molar-refractivity contribution is -0.137. The zero-order valence-corrected chi connectivity index (χ0v) is 16.0. The summed E-state index contributed by atoms with van der Waals surface area (Å²) in [6.45, 7) is 1.41. The fourth-order valence-corrected chi connectivity index (χ4v) is 4.35. The molecule has 4 nitrogen and oxygen atoms in total. The zero-order chi connectivity index (χ0) is 19.7. The average Bonchev–Trinajstić information content (AvgIpc) is 2.55. The van der Waals surface area contributed by atoms with Gasteiger partial charge in [0.05, 0.1) is 33.3 Å². The van der Waals surface area contributed by atoms with Crippen molar-refractivity contribution in [1.29, 1.82) is 0 Å². The highest BCUT2D eigenvalue weighted by molar-refractivity contribution is 7.92. The minimum Gasteiger partial charge on any atom is -0.495 e. The lowest BCUT2D eigenvalue weighted by Gasteiger charge is -2.24. The van der Waals surface area contributed by atoms with E-state index < -0.39 is 26.8 Å². The van der Waals surface area contributed by atoms with Crippen LogP contribution in [-0.2, 0) is 16.2 Å². The van der Waals surface area contributed by atoms with Crippen LogP contribution < -0.4 is 9.04 Å². The molecule has 0 saturated carbocycles. The van der Waals surface area contributed by atoms with Gasteiger partial charge in [-0.1, -0.05) is 23.2 Å². The second-order valence-corrected chi connectivity index (χ2v) is 7.80. The summed E-state index contributed by atoms with van der Waals surface area (Å²) in [6.07, 6.45) is -4.71. The number of benzene rings is 2. The average molecular weight is 428 g/mol. The Morgan fingerprint density at radius 3 is 2.23 bits per heavy atom. The van der Waals surface area contributed by atoms with Gasteiger partial charge >= 0.3 is 6.18 Å². The van der Waals surface area contributed by atoms with Crippen molar-refractivity contribution in [3.05, 3.63) is 52.0 Å². The van der Waals surface area contributed by atoms with E-state index in [1.807, 2.05) is 0 Å². The summed E-state index contributed by atoms with van der Waals surface area (Å²) < 4.78 is 70.8. The predicted molar refractivity (Wildman–Crippen MR) is 94.7 cm³/mol. The Bertz CT molecular complexity index is 917. The van der Waals surface area contributed by atoms with E-state index in [9.17, 15) is 21.6 Å². The number of rotatable bonds is 5. The van der Waals surface area contributed by atoms with Crippen molar-refractivity contribution < 1.29 is 26.3 Å². The van der Waals surface area contributed by atoms with E-state index in [2.05, 4.69) is 0 Å².